The molecule has 1 aromatic rings. The quantitative estimate of drug-likeness (QED) is 0.828. The number of hydrogen-bond donors (Lipinski definition) is 1. The minimum Gasteiger partial charge on any atom is -0.468 e. The van der Waals surface area contributed by atoms with Gasteiger partial charge in [-0.15, -0.1) is 0 Å². The van der Waals surface area contributed by atoms with Crippen LogP contribution in [-0.4, -0.2) is 48.3 Å². The molecular formula is C15H20FNO3. The van der Waals surface area contributed by atoms with Gasteiger partial charge in [-0.3, -0.25) is 9.69 Å². The molecule has 0 unspecified atom stereocenters. The van der Waals surface area contributed by atoms with Gasteiger partial charge in [-0.2, -0.15) is 0 Å². The van der Waals surface area contributed by atoms with Crippen molar-refractivity contribution in [1.29, 1.82) is 0 Å². The van der Waals surface area contributed by atoms with E-state index in [-0.39, 0.29) is 17.8 Å². The zero-order chi connectivity index (χ0) is 14.5. The van der Waals surface area contributed by atoms with E-state index in [2.05, 4.69) is 0 Å². The number of benzene rings is 1. The van der Waals surface area contributed by atoms with Crippen LogP contribution in [0.15, 0.2) is 24.3 Å². The Bertz CT molecular complexity index is 466. The summed E-state index contributed by atoms with van der Waals surface area (Å²) in [6, 6.07) is 6.17. The summed E-state index contributed by atoms with van der Waals surface area (Å²) in [6.07, 6.45) is 1.50. The molecule has 0 amide bonds. The van der Waals surface area contributed by atoms with Gasteiger partial charge in [0.05, 0.1) is 13.2 Å². The number of aryl methyl sites for hydroxylation is 1. The lowest BCUT2D eigenvalue weighted by Crippen LogP contribution is -2.37. The zero-order valence-electron chi connectivity index (χ0n) is 11.6. The number of aliphatic hydroxyl groups excluding tert-OH is 1. The van der Waals surface area contributed by atoms with Gasteiger partial charge in [-0.1, -0.05) is 12.1 Å². The van der Waals surface area contributed by atoms with Crippen molar-refractivity contribution in [2.75, 3.05) is 20.2 Å². The molecule has 0 radical (unpaired) electrons. The predicted octanol–water partition coefficient (Wildman–Crippen LogP) is 1.37. The van der Waals surface area contributed by atoms with E-state index in [1.165, 1.54) is 19.2 Å². The van der Waals surface area contributed by atoms with Crippen LogP contribution >= 0.6 is 0 Å². The molecule has 0 aliphatic carbocycles. The molecule has 0 spiro atoms. The summed E-state index contributed by atoms with van der Waals surface area (Å²) in [4.78, 5) is 13.6. The number of hydrogen-bond acceptors (Lipinski definition) is 4. The summed E-state index contributed by atoms with van der Waals surface area (Å²) in [6.45, 7) is 1.18. The predicted molar refractivity (Wildman–Crippen MR) is 72.7 cm³/mol. The maximum atomic E-state index is 13.1. The van der Waals surface area contributed by atoms with Crippen LogP contribution in [0.5, 0.6) is 0 Å². The average Bonchev–Trinajstić information content (AvgIpc) is 2.79. The minimum atomic E-state index is -0.478. The minimum absolute atomic E-state index is 0.230. The lowest BCUT2D eigenvalue weighted by Gasteiger charge is -2.21. The molecule has 1 N–H and O–H groups in total. The van der Waals surface area contributed by atoms with Gasteiger partial charge in [0.1, 0.15) is 11.9 Å². The molecule has 1 aliphatic heterocycles. The van der Waals surface area contributed by atoms with E-state index in [4.69, 9.17) is 4.74 Å². The molecule has 0 saturated carbocycles. The number of nitrogens with zero attached hydrogens (tertiary/aromatic N) is 1. The molecule has 20 heavy (non-hydrogen) atoms. The molecule has 4 nitrogen and oxygen atoms in total. The topological polar surface area (TPSA) is 49.8 Å². The Labute approximate surface area is 118 Å². The fraction of sp³-hybridized carbons (Fsp3) is 0.533. The van der Waals surface area contributed by atoms with E-state index in [1.807, 2.05) is 11.0 Å². The van der Waals surface area contributed by atoms with E-state index < -0.39 is 6.10 Å². The average molecular weight is 281 g/mol. The molecule has 0 bridgehead atoms. The van der Waals surface area contributed by atoms with Gasteiger partial charge in [0, 0.05) is 13.0 Å². The van der Waals surface area contributed by atoms with Crippen LogP contribution in [0.2, 0.25) is 0 Å². The first-order chi connectivity index (χ1) is 9.60. The van der Waals surface area contributed by atoms with Crippen LogP contribution in [0.4, 0.5) is 4.39 Å². The van der Waals surface area contributed by atoms with Crippen LogP contribution in [0.25, 0.3) is 0 Å². The Balaban J connectivity index is 1.85. The first-order valence-electron chi connectivity index (χ1n) is 6.84. The number of β-amino-alcohol motifs (C(OH)–C–C–N with tert-alkyl or cyclic N) is 1. The number of likely N-dealkylation sites (tertiary alicyclic amines) is 1. The van der Waals surface area contributed by atoms with E-state index >= 15 is 0 Å². The molecule has 0 aromatic heterocycles. The highest BCUT2D eigenvalue weighted by atomic mass is 19.1. The summed E-state index contributed by atoms with van der Waals surface area (Å²) in [7, 11) is 1.36. The van der Waals surface area contributed by atoms with Crippen LogP contribution in [0.1, 0.15) is 18.4 Å². The van der Waals surface area contributed by atoms with Gasteiger partial charge in [-0.25, -0.2) is 4.39 Å². The Kier molecular flexibility index (Phi) is 5.09. The first kappa shape index (κ1) is 14.9. The smallest absolute Gasteiger partial charge is 0.323 e. The maximum absolute atomic E-state index is 13.1. The first-order valence-corrected chi connectivity index (χ1v) is 6.84. The third-order valence-electron chi connectivity index (χ3n) is 3.65. The monoisotopic (exact) mass is 281 g/mol. The summed E-state index contributed by atoms with van der Waals surface area (Å²) >= 11 is 0. The molecule has 1 heterocycles. The number of methoxy groups -OCH3 is 1. The fourth-order valence-electron chi connectivity index (χ4n) is 2.69. The van der Waals surface area contributed by atoms with Gasteiger partial charge >= 0.3 is 5.97 Å². The molecule has 110 valence electrons. The molecule has 1 aliphatic rings. The number of esters is 1. The number of ether oxygens (including phenoxy) is 1. The Morgan fingerprint density at radius 3 is 3.05 bits per heavy atom. The second-order valence-electron chi connectivity index (χ2n) is 5.16. The molecule has 1 fully saturated rings. The molecule has 2 atom stereocenters. The normalized spacial score (nSPS) is 22.9. The van der Waals surface area contributed by atoms with Crippen molar-refractivity contribution in [3.8, 4) is 0 Å². The van der Waals surface area contributed by atoms with Crippen molar-refractivity contribution >= 4 is 5.97 Å². The molecule has 5 heteroatoms. The number of carbonyl (C=O) groups is 1. The Morgan fingerprint density at radius 2 is 2.35 bits per heavy atom. The van der Waals surface area contributed by atoms with Gasteiger partial charge in [-0.05, 0) is 37.1 Å². The van der Waals surface area contributed by atoms with Gasteiger partial charge in [0.25, 0.3) is 0 Å². The molecular weight excluding hydrogens is 261 g/mol. The van der Waals surface area contributed by atoms with Gasteiger partial charge < -0.3 is 9.84 Å². The van der Waals surface area contributed by atoms with Gasteiger partial charge in [0.15, 0.2) is 0 Å². The number of halogens is 1. The summed E-state index contributed by atoms with van der Waals surface area (Å²) in [5, 5.41) is 9.67. The SMILES string of the molecule is COC(=O)[C@@H]1C[C@H](O)CN1CCCc1cccc(F)c1. The maximum Gasteiger partial charge on any atom is 0.323 e. The summed E-state index contributed by atoms with van der Waals surface area (Å²) < 4.78 is 17.8. The van der Waals surface area contributed by atoms with Crippen molar-refractivity contribution in [3.63, 3.8) is 0 Å². The van der Waals surface area contributed by atoms with Gasteiger partial charge in [0.2, 0.25) is 0 Å². The van der Waals surface area contributed by atoms with Crippen molar-refractivity contribution in [3.05, 3.63) is 35.6 Å². The van der Waals surface area contributed by atoms with E-state index in [1.54, 1.807) is 6.07 Å². The highest BCUT2D eigenvalue weighted by Crippen LogP contribution is 2.19. The highest BCUT2D eigenvalue weighted by molar-refractivity contribution is 5.76. The van der Waals surface area contributed by atoms with E-state index in [9.17, 15) is 14.3 Å². The van der Waals surface area contributed by atoms with E-state index in [0.717, 1.165) is 18.4 Å². The van der Waals surface area contributed by atoms with Crippen LogP contribution in [0.3, 0.4) is 0 Å². The Hall–Kier alpha value is -1.46. The second-order valence-corrected chi connectivity index (χ2v) is 5.16. The number of aliphatic hydroxyl groups is 1. The van der Waals surface area contributed by atoms with Crippen LogP contribution < -0.4 is 0 Å². The number of carbonyl (C=O) groups excluding carboxylic acids is 1. The largest absolute Gasteiger partial charge is 0.468 e. The highest BCUT2D eigenvalue weighted by Gasteiger charge is 2.36. The van der Waals surface area contributed by atoms with Crippen molar-refractivity contribution in [2.24, 2.45) is 0 Å². The third-order valence-corrected chi connectivity index (χ3v) is 3.65. The molecule has 1 aromatic carbocycles. The third kappa shape index (κ3) is 3.77. The van der Waals surface area contributed by atoms with Crippen LogP contribution in [0, 0.1) is 5.82 Å². The Morgan fingerprint density at radius 1 is 1.55 bits per heavy atom. The number of rotatable bonds is 5. The molecule has 2 rings (SSSR count). The zero-order valence-corrected chi connectivity index (χ0v) is 11.6. The lowest BCUT2D eigenvalue weighted by molar-refractivity contribution is -0.145. The fourth-order valence-corrected chi connectivity index (χ4v) is 2.69. The van der Waals surface area contributed by atoms with Crippen molar-refractivity contribution < 1.29 is 19.0 Å². The van der Waals surface area contributed by atoms with Crippen molar-refractivity contribution in [2.45, 2.75) is 31.4 Å². The summed E-state index contributed by atoms with van der Waals surface area (Å²) in [5.74, 6) is -0.529. The van der Waals surface area contributed by atoms with E-state index in [0.29, 0.717) is 19.5 Å². The van der Waals surface area contributed by atoms with Crippen LogP contribution in [-0.2, 0) is 16.0 Å². The summed E-state index contributed by atoms with van der Waals surface area (Å²) in [5.41, 5.74) is 0.944. The standard InChI is InChI=1S/C15H20FNO3/c1-20-15(19)14-9-13(18)10-17(14)7-3-5-11-4-2-6-12(16)8-11/h2,4,6,8,13-14,18H,3,5,7,9-10H2,1H3/t13-,14-/m0/s1. The van der Waals surface area contributed by atoms with Crippen molar-refractivity contribution in [1.82, 2.24) is 4.90 Å². The molecule has 1 saturated heterocycles. The lowest BCUT2D eigenvalue weighted by atomic mass is 10.1. The second kappa shape index (κ2) is 6.81.